The maximum atomic E-state index is 6.71. The second-order valence-corrected chi connectivity index (χ2v) is 9.49. The third kappa shape index (κ3) is 4.41. The Morgan fingerprint density at radius 3 is 2.57 bits per heavy atom. The van der Waals surface area contributed by atoms with Gasteiger partial charge in [-0.2, -0.15) is 5.10 Å². The quantitative estimate of drug-likeness (QED) is 0.310. The average Bonchev–Trinajstić information content (AvgIpc) is 3.51. The zero-order valence-electron chi connectivity index (χ0n) is 20.3. The number of H-pyrrole nitrogens is 1. The largest absolute Gasteiger partial charge is 0.493 e. The van der Waals surface area contributed by atoms with Gasteiger partial charge >= 0.3 is 0 Å². The van der Waals surface area contributed by atoms with Gasteiger partial charge in [-0.25, -0.2) is 15.0 Å². The molecule has 0 bridgehead atoms. The van der Waals surface area contributed by atoms with Gasteiger partial charge in [-0.1, -0.05) is 23.2 Å². The van der Waals surface area contributed by atoms with E-state index in [2.05, 4.69) is 25.2 Å². The molecule has 0 atom stereocenters. The van der Waals surface area contributed by atoms with E-state index in [0.29, 0.717) is 33.9 Å². The molecular formula is C25H24Cl2N8O2. The van der Waals surface area contributed by atoms with Crippen molar-refractivity contribution in [3.05, 3.63) is 52.7 Å². The Morgan fingerprint density at radius 2 is 1.78 bits per heavy atom. The highest BCUT2D eigenvalue weighted by Crippen LogP contribution is 2.41. The normalized spacial score (nSPS) is 14.0. The van der Waals surface area contributed by atoms with Crippen LogP contribution in [0.4, 0.5) is 5.82 Å². The van der Waals surface area contributed by atoms with E-state index in [1.165, 1.54) is 0 Å². The Kier molecular flexibility index (Phi) is 6.23. The van der Waals surface area contributed by atoms with Crippen molar-refractivity contribution in [1.82, 2.24) is 35.0 Å². The van der Waals surface area contributed by atoms with Gasteiger partial charge in [-0.05, 0) is 18.2 Å². The minimum atomic E-state index is 0.401. The third-order valence-electron chi connectivity index (χ3n) is 6.43. The summed E-state index contributed by atoms with van der Waals surface area (Å²) < 4.78 is 12.8. The smallest absolute Gasteiger partial charge is 0.179 e. The van der Waals surface area contributed by atoms with E-state index >= 15 is 0 Å². The summed E-state index contributed by atoms with van der Waals surface area (Å²) >= 11 is 12.7. The third-order valence-corrected chi connectivity index (χ3v) is 6.96. The summed E-state index contributed by atoms with van der Waals surface area (Å²) in [7, 11) is 3.19. The van der Waals surface area contributed by atoms with Gasteiger partial charge in [0.1, 0.15) is 16.5 Å². The number of rotatable bonds is 6. The fraction of sp³-hybridized carbons (Fsp3) is 0.280. The van der Waals surface area contributed by atoms with Gasteiger partial charge < -0.3 is 24.7 Å². The maximum Gasteiger partial charge on any atom is 0.179 e. The van der Waals surface area contributed by atoms with Gasteiger partial charge in [0.05, 0.1) is 31.3 Å². The number of piperazine rings is 1. The van der Waals surface area contributed by atoms with E-state index in [-0.39, 0.29) is 0 Å². The Bertz CT molecular complexity index is 1610. The molecule has 0 saturated carbocycles. The summed E-state index contributed by atoms with van der Waals surface area (Å²) in [6, 6.07) is 7.22. The molecule has 0 unspecified atom stereocenters. The lowest BCUT2D eigenvalue weighted by atomic mass is 10.0. The average molecular weight is 539 g/mol. The number of hydrogen-bond donors (Lipinski definition) is 2. The molecule has 6 rings (SSSR count). The number of pyridine rings is 2. The number of halogens is 2. The van der Waals surface area contributed by atoms with Gasteiger partial charge in [0.15, 0.2) is 23.0 Å². The zero-order chi connectivity index (χ0) is 25.5. The van der Waals surface area contributed by atoms with Crippen LogP contribution in [0, 0.1) is 0 Å². The highest BCUT2D eigenvalue weighted by atomic mass is 35.5. The van der Waals surface area contributed by atoms with Crippen LogP contribution in [-0.4, -0.2) is 70.1 Å². The predicted octanol–water partition coefficient (Wildman–Crippen LogP) is 4.15. The van der Waals surface area contributed by atoms with E-state index in [9.17, 15) is 0 Å². The minimum absolute atomic E-state index is 0.401. The van der Waals surface area contributed by atoms with Crippen molar-refractivity contribution in [2.24, 2.45) is 0 Å². The number of methoxy groups -OCH3 is 2. The van der Waals surface area contributed by atoms with Crippen LogP contribution in [0.1, 0.15) is 5.82 Å². The molecule has 4 aromatic heterocycles. The molecule has 1 aliphatic heterocycles. The zero-order valence-corrected chi connectivity index (χ0v) is 21.8. The van der Waals surface area contributed by atoms with E-state index in [1.807, 2.05) is 29.2 Å². The molecule has 0 spiro atoms. The second-order valence-electron chi connectivity index (χ2n) is 8.70. The van der Waals surface area contributed by atoms with E-state index < -0.39 is 0 Å². The number of nitrogens with one attached hydrogen (secondary N) is 2. The summed E-state index contributed by atoms with van der Waals surface area (Å²) in [6.07, 6.45) is 3.85. The van der Waals surface area contributed by atoms with E-state index in [0.717, 1.165) is 65.4 Å². The summed E-state index contributed by atoms with van der Waals surface area (Å²) in [5.41, 5.74) is 3.81. The molecule has 2 N–H and O–H groups in total. The lowest BCUT2D eigenvalue weighted by molar-refractivity contribution is 0.355. The lowest BCUT2D eigenvalue weighted by Gasteiger charge is -2.28. The summed E-state index contributed by atoms with van der Waals surface area (Å²) in [6.45, 7) is 3.90. The fourth-order valence-electron chi connectivity index (χ4n) is 4.65. The van der Waals surface area contributed by atoms with Crippen molar-refractivity contribution in [3.8, 4) is 22.6 Å². The first-order valence-electron chi connectivity index (χ1n) is 11.8. The predicted molar refractivity (Wildman–Crippen MR) is 144 cm³/mol. The number of aromatic nitrogens is 6. The van der Waals surface area contributed by atoms with Gasteiger partial charge in [0.2, 0.25) is 0 Å². The first-order valence-corrected chi connectivity index (χ1v) is 12.5. The molecule has 1 saturated heterocycles. The van der Waals surface area contributed by atoms with Crippen molar-refractivity contribution >= 4 is 51.1 Å². The molecule has 0 radical (unpaired) electrons. The molecule has 1 aromatic carbocycles. The lowest BCUT2D eigenvalue weighted by Crippen LogP contribution is -2.44. The van der Waals surface area contributed by atoms with Gasteiger partial charge in [-0.15, -0.1) is 0 Å². The molecule has 10 nitrogen and oxygen atoms in total. The molecule has 12 heteroatoms. The Hall–Kier alpha value is -3.60. The summed E-state index contributed by atoms with van der Waals surface area (Å²) in [5.74, 6) is 2.71. The maximum absolute atomic E-state index is 6.71. The number of imidazole rings is 1. The van der Waals surface area contributed by atoms with E-state index in [1.54, 1.807) is 26.4 Å². The molecule has 0 aliphatic carbocycles. The standard InChI is InChI=1S/C25H24Cl2N8O2/c1-36-19-9-14(17(26)10-20(19)37-2)15-11-29-25(34-7-5-28-6-8-34)23-16(15)12-35(33-23)13-22-30-18-3-4-21(27)31-24(18)32-22/h3-4,9-12,28H,5-8,13H2,1-2H3,(H,30,31,32). The molecule has 37 heavy (non-hydrogen) atoms. The first-order chi connectivity index (χ1) is 18.0. The van der Waals surface area contributed by atoms with Crippen LogP contribution in [0.15, 0.2) is 36.7 Å². The number of fused-ring (bicyclic) bond motifs is 2. The van der Waals surface area contributed by atoms with Gasteiger partial charge in [0.25, 0.3) is 0 Å². The molecule has 190 valence electrons. The number of hydrogen-bond acceptors (Lipinski definition) is 8. The highest BCUT2D eigenvalue weighted by molar-refractivity contribution is 6.34. The summed E-state index contributed by atoms with van der Waals surface area (Å²) in [4.78, 5) is 19.3. The van der Waals surface area contributed by atoms with Crippen LogP contribution >= 0.6 is 23.2 Å². The number of ether oxygens (including phenoxy) is 2. The first kappa shape index (κ1) is 23.8. The van der Waals surface area contributed by atoms with Crippen molar-refractivity contribution in [2.75, 3.05) is 45.3 Å². The Labute approximate surface area is 222 Å². The van der Waals surface area contributed by atoms with Crippen LogP contribution < -0.4 is 19.7 Å². The molecular weight excluding hydrogens is 515 g/mol. The van der Waals surface area contributed by atoms with Crippen LogP contribution in [0.25, 0.3) is 33.2 Å². The van der Waals surface area contributed by atoms with Gasteiger partial charge in [-0.3, -0.25) is 4.68 Å². The molecule has 5 heterocycles. The number of aromatic amines is 1. The van der Waals surface area contributed by atoms with Crippen molar-refractivity contribution in [1.29, 1.82) is 0 Å². The second kappa shape index (κ2) is 9.70. The topological polar surface area (TPSA) is 106 Å². The number of benzene rings is 1. The molecule has 0 amide bonds. The number of anilines is 1. The van der Waals surface area contributed by atoms with Crippen molar-refractivity contribution in [3.63, 3.8) is 0 Å². The number of nitrogens with zero attached hydrogens (tertiary/aromatic N) is 6. The van der Waals surface area contributed by atoms with Crippen molar-refractivity contribution < 1.29 is 9.47 Å². The molecule has 1 aliphatic rings. The fourth-order valence-corrected chi connectivity index (χ4v) is 5.05. The Balaban J connectivity index is 1.48. The van der Waals surface area contributed by atoms with Crippen LogP contribution in [0.5, 0.6) is 11.5 Å². The van der Waals surface area contributed by atoms with Crippen LogP contribution in [0.2, 0.25) is 10.2 Å². The summed E-state index contributed by atoms with van der Waals surface area (Å²) in [5, 5.41) is 10.2. The molecule has 1 fully saturated rings. The Morgan fingerprint density at radius 1 is 1.00 bits per heavy atom. The van der Waals surface area contributed by atoms with E-state index in [4.69, 9.17) is 42.8 Å². The SMILES string of the molecule is COc1cc(Cl)c(-c2cnc(N3CCNCC3)c3nn(Cc4nc5nc(Cl)ccc5[nH]4)cc23)cc1OC. The molecule has 5 aromatic rings. The van der Waals surface area contributed by atoms with Crippen molar-refractivity contribution in [2.45, 2.75) is 6.54 Å². The monoisotopic (exact) mass is 538 g/mol. The highest BCUT2D eigenvalue weighted by Gasteiger charge is 2.22. The van der Waals surface area contributed by atoms with Crippen LogP contribution in [-0.2, 0) is 6.54 Å². The van der Waals surface area contributed by atoms with Crippen LogP contribution in [0.3, 0.4) is 0 Å². The van der Waals surface area contributed by atoms with Gasteiger partial charge in [0, 0.05) is 61.2 Å². The minimum Gasteiger partial charge on any atom is -0.493 e.